The molecule has 23 heavy (non-hydrogen) atoms. The van der Waals surface area contributed by atoms with Gasteiger partial charge in [-0.3, -0.25) is 10.1 Å². The largest absolute Gasteiger partial charge is 0.387 e. The van der Waals surface area contributed by atoms with Crippen molar-refractivity contribution in [2.45, 2.75) is 12.6 Å². The second-order valence-corrected chi connectivity index (χ2v) is 5.13. The predicted molar refractivity (Wildman–Crippen MR) is 85.7 cm³/mol. The highest BCUT2D eigenvalue weighted by Gasteiger charge is 2.13. The summed E-state index contributed by atoms with van der Waals surface area (Å²) in [5.41, 5.74) is 1.63. The van der Waals surface area contributed by atoms with E-state index < -0.39 is 11.0 Å². The molecule has 6 heteroatoms. The second-order valence-electron chi connectivity index (χ2n) is 5.13. The zero-order valence-electron chi connectivity index (χ0n) is 12.2. The fourth-order valence-corrected chi connectivity index (χ4v) is 2.42. The van der Waals surface area contributed by atoms with Crippen LogP contribution in [0.4, 0.5) is 5.69 Å². The van der Waals surface area contributed by atoms with E-state index in [0.717, 1.165) is 11.1 Å². The molecule has 1 atom stereocenters. The van der Waals surface area contributed by atoms with E-state index in [2.05, 4.69) is 4.98 Å². The third-order valence-corrected chi connectivity index (χ3v) is 3.61. The van der Waals surface area contributed by atoms with Gasteiger partial charge < -0.3 is 9.67 Å². The molecule has 0 aliphatic heterocycles. The first-order valence-corrected chi connectivity index (χ1v) is 7.14. The highest BCUT2D eigenvalue weighted by atomic mass is 16.6. The van der Waals surface area contributed by atoms with Crippen LogP contribution in [-0.2, 0) is 6.54 Å². The molecule has 1 aromatic heterocycles. The maximum atomic E-state index is 10.7. The number of nitro benzene ring substituents is 1. The molecule has 0 amide bonds. The number of aliphatic hydroxyl groups excluding tert-OH is 1. The molecule has 0 bridgehead atoms. The number of nitrogens with zero attached hydrogens (tertiary/aromatic N) is 3. The van der Waals surface area contributed by atoms with Crippen molar-refractivity contribution in [2.24, 2.45) is 0 Å². The van der Waals surface area contributed by atoms with E-state index in [4.69, 9.17) is 0 Å². The van der Waals surface area contributed by atoms with Gasteiger partial charge in [0.2, 0.25) is 0 Å². The van der Waals surface area contributed by atoms with Crippen LogP contribution in [0.5, 0.6) is 0 Å². The van der Waals surface area contributed by atoms with E-state index in [-0.39, 0.29) is 5.69 Å². The third-order valence-electron chi connectivity index (χ3n) is 3.61. The van der Waals surface area contributed by atoms with Crippen molar-refractivity contribution in [3.05, 3.63) is 82.7 Å². The third kappa shape index (κ3) is 3.27. The van der Waals surface area contributed by atoms with Crippen LogP contribution in [0.1, 0.15) is 11.7 Å². The average Bonchev–Trinajstić information content (AvgIpc) is 3.04. The summed E-state index contributed by atoms with van der Waals surface area (Å²) < 4.78 is 1.83. The van der Waals surface area contributed by atoms with Gasteiger partial charge in [-0.15, -0.1) is 0 Å². The van der Waals surface area contributed by atoms with Crippen molar-refractivity contribution in [1.29, 1.82) is 0 Å². The molecule has 0 saturated carbocycles. The van der Waals surface area contributed by atoms with E-state index in [1.165, 1.54) is 12.1 Å². The normalized spacial score (nSPS) is 12.0. The van der Waals surface area contributed by atoms with Gasteiger partial charge in [0.25, 0.3) is 5.69 Å². The van der Waals surface area contributed by atoms with Gasteiger partial charge in [0.05, 0.1) is 17.6 Å². The standard InChI is InChI=1S/C17H15N3O3/c21-16(13-4-2-1-3-5-13)12-19-11-10-18-17(19)14-6-8-15(9-7-14)20(22)23/h1-11,16,21H,12H2. The molecular weight excluding hydrogens is 294 g/mol. The van der Waals surface area contributed by atoms with Gasteiger partial charge in [0.15, 0.2) is 0 Å². The Morgan fingerprint density at radius 3 is 2.48 bits per heavy atom. The molecule has 0 fully saturated rings. The molecule has 0 saturated heterocycles. The maximum absolute atomic E-state index is 10.7. The molecule has 6 nitrogen and oxygen atoms in total. The molecule has 0 aliphatic carbocycles. The van der Waals surface area contributed by atoms with Crippen molar-refractivity contribution >= 4 is 5.69 Å². The fraction of sp³-hybridized carbons (Fsp3) is 0.118. The number of aromatic nitrogens is 2. The van der Waals surface area contributed by atoms with E-state index in [9.17, 15) is 15.2 Å². The Bertz CT molecular complexity index is 797. The molecule has 1 unspecified atom stereocenters. The smallest absolute Gasteiger partial charge is 0.269 e. The number of nitro groups is 1. The zero-order chi connectivity index (χ0) is 16.2. The minimum absolute atomic E-state index is 0.0381. The Balaban J connectivity index is 1.83. The zero-order valence-corrected chi connectivity index (χ0v) is 12.2. The van der Waals surface area contributed by atoms with E-state index in [1.54, 1.807) is 24.5 Å². The molecule has 1 N–H and O–H groups in total. The van der Waals surface area contributed by atoms with Crippen LogP contribution in [0.25, 0.3) is 11.4 Å². The maximum Gasteiger partial charge on any atom is 0.269 e. The van der Waals surface area contributed by atoms with E-state index in [0.29, 0.717) is 12.4 Å². The lowest BCUT2D eigenvalue weighted by Gasteiger charge is -2.14. The van der Waals surface area contributed by atoms with Gasteiger partial charge in [-0.25, -0.2) is 4.98 Å². The fourth-order valence-electron chi connectivity index (χ4n) is 2.42. The van der Waals surface area contributed by atoms with Crippen molar-refractivity contribution in [3.8, 4) is 11.4 Å². The molecule has 116 valence electrons. The Kier molecular flexibility index (Phi) is 4.16. The number of imidazole rings is 1. The van der Waals surface area contributed by atoms with Gasteiger partial charge in [-0.2, -0.15) is 0 Å². The van der Waals surface area contributed by atoms with Crippen molar-refractivity contribution in [3.63, 3.8) is 0 Å². The minimum atomic E-state index is -0.651. The van der Waals surface area contributed by atoms with Crippen LogP contribution in [0, 0.1) is 10.1 Å². The van der Waals surface area contributed by atoms with E-state index >= 15 is 0 Å². The summed E-state index contributed by atoms with van der Waals surface area (Å²) in [5.74, 6) is 0.662. The topological polar surface area (TPSA) is 81.2 Å². The van der Waals surface area contributed by atoms with Gasteiger partial charge in [-0.1, -0.05) is 30.3 Å². The molecule has 0 radical (unpaired) electrons. The predicted octanol–water partition coefficient (Wildman–Crippen LogP) is 3.19. The number of aliphatic hydroxyl groups is 1. The Hall–Kier alpha value is -2.99. The number of hydrogen-bond acceptors (Lipinski definition) is 4. The second kappa shape index (κ2) is 6.41. The van der Waals surface area contributed by atoms with Gasteiger partial charge in [-0.05, 0) is 17.7 Å². The number of benzene rings is 2. The Morgan fingerprint density at radius 1 is 1.13 bits per heavy atom. The molecule has 0 spiro atoms. The van der Waals surface area contributed by atoms with Crippen LogP contribution >= 0.6 is 0 Å². The summed E-state index contributed by atoms with van der Waals surface area (Å²) >= 11 is 0. The highest BCUT2D eigenvalue weighted by molar-refractivity contribution is 5.57. The van der Waals surface area contributed by atoms with Gasteiger partial charge in [0, 0.05) is 30.1 Å². The molecule has 0 aliphatic rings. The van der Waals surface area contributed by atoms with Crippen LogP contribution < -0.4 is 0 Å². The molecule has 3 aromatic rings. The summed E-state index contributed by atoms with van der Waals surface area (Å²) in [5, 5.41) is 21.1. The van der Waals surface area contributed by atoms with Gasteiger partial charge in [0.1, 0.15) is 5.82 Å². The molecule has 2 aromatic carbocycles. The molecular formula is C17H15N3O3. The van der Waals surface area contributed by atoms with Crippen molar-refractivity contribution in [1.82, 2.24) is 9.55 Å². The molecule has 3 rings (SSSR count). The average molecular weight is 309 g/mol. The SMILES string of the molecule is O=[N+]([O-])c1ccc(-c2nccn2CC(O)c2ccccc2)cc1. The highest BCUT2D eigenvalue weighted by Crippen LogP contribution is 2.23. The lowest BCUT2D eigenvalue weighted by Crippen LogP contribution is -2.09. The van der Waals surface area contributed by atoms with E-state index in [1.807, 2.05) is 34.9 Å². The summed E-state index contributed by atoms with van der Waals surface area (Å²) in [4.78, 5) is 14.6. The quantitative estimate of drug-likeness (QED) is 0.579. The van der Waals surface area contributed by atoms with Crippen LogP contribution in [0.15, 0.2) is 67.0 Å². The van der Waals surface area contributed by atoms with Crippen LogP contribution in [0.2, 0.25) is 0 Å². The first-order valence-electron chi connectivity index (χ1n) is 7.14. The lowest BCUT2D eigenvalue weighted by atomic mass is 10.1. The van der Waals surface area contributed by atoms with Crippen molar-refractivity contribution < 1.29 is 10.0 Å². The first kappa shape index (κ1) is 14.9. The Labute approximate surface area is 132 Å². The number of hydrogen-bond donors (Lipinski definition) is 1. The number of non-ortho nitro benzene ring substituents is 1. The van der Waals surface area contributed by atoms with Crippen LogP contribution in [-0.4, -0.2) is 19.6 Å². The lowest BCUT2D eigenvalue weighted by molar-refractivity contribution is -0.384. The van der Waals surface area contributed by atoms with Crippen LogP contribution in [0.3, 0.4) is 0 Å². The minimum Gasteiger partial charge on any atom is -0.387 e. The van der Waals surface area contributed by atoms with Gasteiger partial charge >= 0.3 is 0 Å². The monoisotopic (exact) mass is 309 g/mol. The molecule has 1 heterocycles. The Morgan fingerprint density at radius 2 is 1.83 bits per heavy atom. The van der Waals surface area contributed by atoms with Crippen molar-refractivity contribution in [2.75, 3.05) is 0 Å². The first-order chi connectivity index (χ1) is 11.1. The summed E-state index contributed by atoms with van der Waals surface area (Å²) in [7, 11) is 0. The summed E-state index contributed by atoms with van der Waals surface area (Å²) in [6, 6.07) is 15.6. The number of rotatable bonds is 5. The summed E-state index contributed by atoms with van der Waals surface area (Å²) in [6.45, 7) is 0.357. The summed E-state index contributed by atoms with van der Waals surface area (Å²) in [6.07, 6.45) is 2.78.